The topological polar surface area (TPSA) is 47.3 Å². The van der Waals surface area contributed by atoms with Crippen LogP contribution in [0.2, 0.25) is 0 Å². The van der Waals surface area contributed by atoms with Crippen molar-refractivity contribution >= 4 is 0 Å². The maximum absolute atomic E-state index is 10.7. The molecule has 108 valence electrons. The Balaban J connectivity index is 2.45. The molecule has 1 heterocycles. The number of aromatic nitrogens is 2. The molecule has 1 atom stereocenters. The van der Waals surface area contributed by atoms with E-state index in [9.17, 15) is 5.11 Å². The van der Waals surface area contributed by atoms with E-state index < -0.39 is 6.10 Å². The summed E-state index contributed by atoms with van der Waals surface area (Å²) in [5, 5.41) is 14.9. The maximum Gasteiger partial charge on any atom is 0.128 e. The largest absolute Gasteiger partial charge is 0.496 e. The van der Waals surface area contributed by atoms with Gasteiger partial charge in [-0.3, -0.25) is 4.68 Å². The molecule has 0 saturated carbocycles. The van der Waals surface area contributed by atoms with Gasteiger partial charge in [-0.1, -0.05) is 19.1 Å². The average molecular weight is 274 g/mol. The first-order chi connectivity index (χ1) is 9.60. The van der Waals surface area contributed by atoms with E-state index in [1.807, 2.05) is 36.7 Å². The fourth-order valence-corrected chi connectivity index (χ4v) is 2.43. The molecule has 0 aliphatic carbocycles. The molecule has 0 aliphatic heterocycles. The van der Waals surface area contributed by atoms with Gasteiger partial charge in [0.2, 0.25) is 0 Å². The molecule has 1 N–H and O–H groups in total. The third kappa shape index (κ3) is 2.56. The predicted octanol–water partition coefficient (Wildman–Crippen LogP) is 3.00. The monoisotopic (exact) mass is 274 g/mol. The van der Waals surface area contributed by atoms with Crippen LogP contribution in [-0.2, 0) is 6.54 Å². The van der Waals surface area contributed by atoms with Crippen molar-refractivity contribution < 1.29 is 9.84 Å². The van der Waals surface area contributed by atoms with Crippen LogP contribution < -0.4 is 4.74 Å². The second-order valence-electron chi connectivity index (χ2n) is 5.01. The van der Waals surface area contributed by atoms with Crippen molar-refractivity contribution in [2.45, 2.75) is 39.8 Å². The van der Waals surface area contributed by atoms with Crippen molar-refractivity contribution in [2.75, 3.05) is 7.11 Å². The molecule has 0 radical (unpaired) electrons. The maximum atomic E-state index is 10.7. The molecular formula is C16H22N2O2. The zero-order valence-corrected chi connectivity index (χ0v) is 12.6. The van der Waals surface area contributed by atoms with Gasteiger partial charge in [0.05, 0.1) is 12.8 Å². The molecule has 4 heteroatoms. The summed E-state index contributed by atoms with van der Waals surface area (Å²) in [6.45, 7) is 6.93. The Morgan fingerprint density at radius 3 is 2.70 bits per heavy atom. The number of aliphatic hydroxyl groups is 1. The molecule has 2 aromatic rings. The van der Waals surface area contributed by atoms with E-state index >= 15 is 0 Å². The fraction of sp³-hybridized carbons (Fsp3) is 0.438. The first kappa shape index (κ1) is 14.6. The third-order valence-corrected chi connectivity index (χ3v) is 3.67. The van der Waals surface area contributed by atoms with E-state index in [0.717, 1.165) is 41.1 Å². The highest BCUT2D eigenvalue weighted by molar-refractivity contribution is 5.48. The summed E-state index contributed by atoms with van der Waals surface area (Å²) in [5.74, 6) is 0.752. The highest BCUT2D eigenvalue weighted by atomic mass is 16.5. The number of hydrogen-bond donors (Lipinski definition) is 1. The van der Waals surface area contributed by atoms with E-state index in [1.165, 1.54) is 0 Å². The van der Waals surface area contributed by atoms with Crippen LogP contribution in [0.4, 0.5) is 0 Å². The Morgan fingerprint density at radius 1 is 1.30 bits per heavy atom. The summed E-state index contributed by atoms with van der Waals surface area (Å²) in [6, 6.07) is 5.79. The van der Waals surface area contributed by atoms with Gasteiger partial charge in [-0.05, 0) is 37.5 Å². The first-order valence-electron chi connectivity index (χ1n) is 6.94. The Labute approximate surface area is 120 Å². The molecular weight excluding hydrogens is 252 g/mol. The number of hydrogen-bond acceptors (Lipinski definition) is 3. The van der Waals surface area contributed by atoms with E-state index in [-0.39, 0.29) is 0 Å². The minimum atomic E-state index is -0.724. The molecule has 1 unspecified atom stereocenters. The van der Waals surface area contributed by atoms with Gasteiger partial charge in [-0.2, -0.15) is 5.10 Å². The van der Waals surface area contributed by atoms with Crippen LogP contribution in [0.5, 0.6) is 5.75 Å². The Hall–Kier alpha value is -1.81. The van der Waals surface area contributed by atoms with Crippen LogP contribution in [0.15, 0.2) is 24.4 Å². The number of rotatable bonds is 5. The summed E-state index contributed by atoms with van der Waals surface area (Å²) < 4.78 is 7.33. The van der Waals surface area contributed by atoms with Crippen molar-refractivity contribution in [2.24, 2.45) is 0 Å². The van der Waals surface area contributed by atoms with Crippen LogP contribution in [0.3, 0.4) is 0 Å². The van der Waals surface area contributed by atoms with Gasteiger partial charge in [-0.15, -0.1) is 0 Å². The number of nitrogens with zero attached hydrogens (tertiary/aromatic N) is 2. The zero-order chi connectivity index (χ0) is 14.7. The molecule has 0 aliphatic rings. The SMILES string of the molecule is CCCn1nccc1C(O)c1ccc(C)c(C)c1OC. The lowest BCUT2D eigenvalue weighted by molar-refractivity contribution is 0.202. The first-order valence-corrected chi connectivity index (χ1v) is 6.94. The second-order valence-corrected chi connectivity index (χ2v) is 5.01. The second kappa shape index (κ2) is 6.09. The molecule has 20 heavy (non-hydrogen) atoms. The van der Waals surface area contributed by atoms with Gasteiger partial charge in [0.1, 0.15) is 11.9 Å². The minimum absolute atomic E-state index is 0.724. The normalized spacial score (nSPS) is 12.4. The van der Waals surface area contributed by atoms with Crippen molar-refractivity contribution in [1.29, 1.82) is 0 Å². The van der Waals surface area contributed by atoms with Crippen LogP contribution in [-0.4, -0.2) is 22.0 Å². The zero-order valence-electron chi connectivity index (χ0n) is 12.6. The van der Waals surface area contributed by atoms with E-state index in [0.29, 0.717) is 0 Å². The van der Waals surface area contributed by atoms with Crippen LogP contribution in [0.25, 0.3) is 0 Å². The van der Waals surface area contributed by atoms with Gasteiger partial charge < -0.3 is 9.84 Å². The highest BCUT2D eigenvalue weighted by Crippen LogP contribution is 2.33. The minimum Gasteiger partial charge on any atom is -0.496 e. The van der Waals surface area contributed by atoms with E-state index in [2.05, 4.69) is 12.0 Å². The molecule has 0 spiro atoms. The summed E-state index contributed by atoms with van der Waals surface area (Å²) >= 11 is 0. The number of ether oxygens (including phenoxy) is 1. The molecule has 0 amide bonds. The van der Waals surface area contributed by atoms with E-state index in [1.54, 1.807) is 13.3 Å². The van der Waals surface area contributed by atoms with Gasteiger partial charge in [-0.25, -0.2) is 0 Å². The summed E-state index contributed by atoms with van der Waals surface area (Å²) in [6.07, 6.45) is 1.98. The molecule has 0 saturated heterocycles. The molecule has 4 nitrogen and oxygen atoms in total. The molecule has 1 aromatic heterocycles. The van der Waals surface area contributed by atoms with Gasteiger partial charge in [0.25, 0.3) is 0 Å². The van der Waals surface area contributed by atoms with Crippen molar-refractivity contribution in [3.05, 3.63) is 46.8 Å². The van der Waals surface area contributed by atoms with Crippen molar-refractivity contribution in [3.8, 4) is 5.75 Å². The number of aliphatic hydroxyl groups excluding tert-OH is 1. The quantitative estimate of drug-likeness (QED) is 0.911. The smallest absolute Gasteiger partial charge is 0.128 e. The fourth-order valence-electron chi connectivity index (χ4n) is 2.43. The Bertz CT molecular complexity index is 590. The third-order valence-electron chi connectivity index (χ3n) is 3.67. The Kier molecular flexibility index (Phi) is 4.45. The lowest BCUT2D eigenvalue weighted by atomic mass is 9.99. The van der Waals surface area contributed by atoms with Crippen LogP contribution in [0.1, 0.15) is 41.8 Å². The highest BCUT2D eigenvalue weighted by Gasteiger charge is 2.20. The van der Waals surface area contributed by atoms with Crippen molar-refractivity contribution in [1.82, 2.24) is 9.78 Å². The van der Waals surface area contributed by atoms with Crippen molar-refractivity contribution in [3.63, 3.8) is 0 Å². The van der Waals surface area contributed by atoms with Gasteiger partial charge >= 0.3 is 0 Å². The lowest BCUT2D eigenvalue weighted by Gasteiger charge is -2.19. The molecule has 0 bridgehead atoms. The number of aryl methyl sites for hydroxylation is 2. The number of methoxy groups -OCH3 is 1. The summed E-state index contributed by atoms with van der Waals surface area (Å²) in [7, 11) is 1.64. The molecule has 1 aromatic carbocycles. The Morgan fingerprint density at radius 2 is 2.05 bits per heavy atom. The standard InChI is InChI=1S/C16H22N2O2/c1-5-10-18-14(8-9-17-18)15(19)13-7-6-11(2)12(3)16(13)20-4/h6-9,15,19H,5,10H2,1-4H3. The molecule has 0 fully saturated rings. The summed E-state index contributed by atoms with van der Waals surface area (Å²) in [4.78, 5) is 0. The van der Waals surface area contributed by atoms with Gasteiger partial charge in [0, 0.05) is 18.3 Å². The van der Waals surface area contributed by atoms with Gasteiger partial charge in [0.15, 0.2) is 0 Å². The molecule has 2 rings (SSSR count). The lowest BCUT2D eigenvalue weighted by Crippen LogP contribution is -2.11. The average Bonchev–Trinajstić information content (AvgIpc) is 2.89. The summed E-state index contributed by atoms with van der Waals surface area (Å²) in [5.41, 5.74) is 3.80. The van der Waals surface area contributed by atoms with Crippen LogP contribution in [0, 0.1) is 13.8 Å². The number of benzene rings is 1. The van der Waals surface area contributed by atoms with Crippen LogP contribution >= 0.6 is 0 Å². The van der Waals surface area contributed by atoms with E-state index in [4.69, 9.17) is 4.74 Å². The predicted molar refractivity (Wildman–Crippen MR) is 79.0 cm³/mol.